The van der Waals surface area contributed by atoms with Crippen molar-refractivity contribution in [2.75, 3.05) is 64.4 Å². The van der Waals surface area contributed by atoms with Crippen LogP contribution in [0.3, 0.4) is 0 Å². The largest absolute Gasteiger partial charge is 0.508 e. The fourth-order valence-corrected chi connectivity index (χ4v) is 9.03. The Balaban J connectivity index is 0.767. The summed E-state index contributed by atoms with van der Waals surface area (Å²) in [7, 11) is 0. The molecule has 10 nitrogen and oxygen atoms in total. The van der Waals surface area contributed by atoms with Crippen molar-refractivity contribution in [3.05, 3.63) is 125 Å². The van der Waals surface area contributed by atoms with Crippen LogP contribution in [0, 0.1) is 0 Å². The van der Waals surface area contributed by atoms with Gasteiger partial charge in [0, 0.05) is 77.1 Å². The number of carbonyl (C=O) groups is 2. The van der Waals surface area contributed by atoms with E-state index >= 15 is 0 Å². The highest BCUT2D eigenvalue weighted by Crippen LogP contribution is 2.36. The SMILES string of the molecule is CCC(=C(c1ccc(O)cc1)c1ccc(OCCN2CCN(CN3CCC(Nc4cccc5c4CN(C4CCC(=O)NC4=O)C5)CC3)CC2)cc1)c1ccccc1. The lowest BCUT2D eigenvalue weighted by atomic mass is 9.88. The number of nitrogens with one attached hydrogen (secondary N) is 2. The number of allylic oxidation sites excluding steroid dienone is 1. The van der Waals surface area contributed by atoms with Gasteiger partial charge in [-0.15, -0.1) is 0 Å². The monoisotopic (exact) mass is 768 g/mol. The zero-order chi connectivity index (χ0) is 39.1. The van der Waals surface area contributed by atoms with E-state index in [4.69, 9.17) is 4.74 Å². The molecule has 4 aliphatic rings. The van der Waals surface area contributed by atoms with Gasteiger partial charge in [0.15, 0.2) is 0 Å². The van der Waals surface area contributed by atoms with Crippen LogP contribution in [0.4, 0.5) is 5.69 Å². The molecule has 0 radical (unpaired) electrons. The average Bonchev–Trinajstić information content (AvgIpc) is 3.68. The number of ether oxygens (including phenoxy) is 1. The normalized spacial score (nSPS) is 20.5. The Bertz CT molecular complexity index is 2020. The van der Waals surface area contributed by atoms with Crippen molar-refractivity contribution in [1.29, 1.82) is 0 Å². The number of hydrogen-bond donors (Lipinski definition) is 3. The predicted molar refractivity (Wildman–Crippen MR) is 226 cm³/mol. The van der Waals surface area contributed by atoms with E-state index in [2.05, 4.69) is 104 Å². The molecule has 57 heavy (non-hydrogen) atoms. The van der Waals surface area contributed by atoms with E-state index in [0.717, 1.165) is 102 Å². The second-order valence-corrected chi connectivity index (χ2v) is 15.9. The van der Waals surface area contributed by atoms with Crippen LogP contribution in [0.1, 0.15) is 66.8 Å². The molecule has 0 bridgehead atoms. The number of carbonyl (C=O) groups excluding carboxylic acids is 2. The Morgan fingerprint density at radius 2 is 1.44 bits per heavy atom. The Morgan fingerprint density at radius 1 is 0.754 bits per heavy atom. The summed E-state index contributed by atoms with van der Waals surface area (Å²) in [5.74, 6) is 0.825. The minimum absolute atomic E-state index is 0.157. The van der Waals surface area contributed by atoms with Crippen LogP contribution in [0.2, 0.25) is 0 Å². The lowest BCUT2D eigenvalue weighted by Gasteiger charge is -2.40. The predicted octanol–water partition coefficient (Wildman–Crippen LogP) is 6.41. The van der Waals surface area contributed by atoms with Crippen molar-refractivity contribution in [2.45, 2.75) is 64.2 Å². The number of imide groups is 1. The van der Waals surface area contributed by atoms with E-state index in [-0.39, 0.29) is 23.6 Å². The van der Waals surface area contributed by atoms with Gasteiger partial charge in [-0.2, -0.15) is 0 Å². The zero-order valence-corrected chi connectivity index (χ0v) is 33.2. The molecular weight excluding hydrogens is 713 g/mol. The summed E-state index contributed by atoms with van der Waals surface area (Å²) in [5.41, 5.74) is 9.62. The first-order valence-corrected chi connectivity index (χ1v) is 20.8. The summed E-state index contributed by atoms with van der Waals surface area (Å²) in [6, 6.07) is 33.2. The van der Waals surface area contributed by atoms with Gasteiger partial charge in [-0.1, -0.05) is 73.7 Å². The number of piperidine rings is 2. The third-order valence-corrected chi connectivity index (χ3v) is 12.2. The fourth-order valence-electron chi connectivity index (χ4n) is 9.03. The van der Waals surface area contributed by atoms with Crippen molar-refractivity contribution < 1.29 is 19.4 Å². The average molecular weight is 769 g/mol. The summed E-state index contributed by atoms with van der Waals surface area (Å²) in [6.45, 7) is 12.7. The second-order valence-electron chi connectivity index (χ2n) is 15.9. The molecule has 3 N–H and O–H groups in total. The van der Waals surface area contributed by atoms with Gasteiger partial charge in [-0.25, -0.2) is 0 Å². The van der Waals surface area contributed by atoms with Gasteiger partial charge >= 0.3 is 0 Å². The van der Waals surface area contributed by atoms with Crippen molar-refractivity contribution >= 4 is 28.6 Å². The second kappa shape index (κ2) is 18.1. The standard InChI is InChI=1S/C47H56N6O4/c1-2-41(34-7-4-3-5-8-34)46(35-11-15-39(54)16-12-35)36-13-17-40(18-14-36)57-30-29-50-25-27-52(28-26-50)33-51-23-21-38(22-24-51)48-43-10-6-9-37-31-53(32-42(37)43)44-19-20-45(55)49-47(44)56/h3-18,38,44,48,54H,2,19-33H2,1H3,(H,49,55,56). The Labute approximate surface area is 337 Å². The van der Waals surface area contributed by atoms with Crippen molar-refractivity contribution in [2.24, 2.45) is 0 Å². The van der Waals surface area contributed by atoms with Gasteiger partial charge in [0.1, 0.15) is 18.1 Å². The maximum Gasteiger partial charge on any atom is 0.243 e. The van der Waals surface area contributed by atoms with Crippen molar-refractivity contribution in [3.8, 4) is 11.5 Å². The molecule has 4 heterocycles. The molecule has 10 heteroatoms. The number of benzene rings is 4. The maximum absolute atomic E-state index is 12.5. The van der Waals surface area contributed by atoms with Crippen LogP contribution < -0.4 is 15.4 Å². The van der Waals surface area contributed by atoms with Crippen LogP contribution in [0.25, 0.3) is 11.1 Å². The Hall–Kier alpha value is -5.00. The molecule has 4 aromatic rings. The number of hydrogen-bond acceptors (Lipinski definition) is 9. The number of likely N-dealkylation sites (tertiary alicyclic amines) is 1. The first-order valence-electron chi connectivity index (χ1n) is 20.8. The number of anilines is 1. The molecule has 0 aliphatic carbocycles. The summed E-state index contributed by atoms with van der Waals surface area (Å²) >= 11 is 0. The summed E-state index contributed by atoms with van der Waals surface area (Å²) in [6.07, 6.45) is 4.11. The molecule has 4 aromatic carbocycles. The van der Waals surface area contributed by atoms with E-state index in [0.29, 0.717) is 25.5 Å². The van der Waals surface area contributed by atoms with Gasteiger partial charge in [0.05, 0.1) is 12.7 Å². The van der Waals surface area contributed by atoms with E-state index in [1.165, 1.54) is 33.5 Å². The van der Waals surface area contributed by atoms with Crippen LogP contribution in [-0.4, -0.2) is 108 Å². The fraction of sp³-hybridized carbons (Fsp3) is 0.404. The Morgan fingerprint density at radius 3 is 2.14 bits per heavy atom. The highest BCUT2D eigenvalue weighted by atomic mass is 16.5. The molecule has 0 spiro atoms. The molecule has 8 rings (SSSR count). The van der Waals surface area contributed by atoms with Gasteiger partial charge in [-0.05, 0) is 95.0 Å². The topological polar surface area (TPSA) is 101 Å². The van der Waals surface area contributed by atoms with Gasteiger partial charge in [0.25, 0.3) is 0 Å². The number of phenols is 1. The van der Waals surface area contributed by atoms with Crippen molar-refractivity contribution in [1.82, 2.24) is 24.9 Å². The maximum atomic E-state index is 12.5. The summed E-state index contributed by atoms with van der Waals surface area (Å²) in [4.78, 5) is 34.1. The number of phenolic OH excluding ortho intramolecular Hbond substituents is 1. The minimum Gasteiger partial charge on any atom is -0.508 e. The molecule has 0 aromatic heterocycles. The number of fused-ring (bicyclic) bond motifs is 1. The van der Waals surface area contributed by atoms with Crippen LogP contribution >= 0.6 is 0 Å². The molecule has 3 saturated heterocycles. The quantitative estimate of drug-likeness (QED) is 0.105. The summed E-state index contributed by atoms with van der Waals surface area (Å²) in [5, 5.41) is 16.4. The van der Waals surface area contributed by atoms with Gasteiger partial charge < -0.3 is 15.2 Å². The number of piperazine rings is 1. The number of amides is 2. The molecule has 4 aliphatic heterocycles. The van der Waals surface area contributed by atoms with Gasteiger partial charge in [-0.3, -0.25) is 34.5 Å². The Kier molecular flexibility index (Phi) is 12.3. The number of nitrogens with zero attached hydrogens (tertiary/aromatic N) is 4. The van der Waals surface area contributed by atoms with E-state index in [1.807, 2.05) is 18.2 Å². The van der Waals surface area contributed by atoms with E-state index in [1.54, 1.807) is 12.1 Å². The van der Waals surface area contributed by atoms with Crippen LogP contribution in [0.15, 0.2) is 97.1 Å². The summed E-state index contributed by atoms with van der Waals surface area (Å²) < 4.78 is 6.25. The highest BCUT2D eigenvalue weighted by molar-refractivity contribution is 6.00. The molecule has 3 fully saturated rings. The number of aromatic hydroxyl groups is 1. The van der Waals surface area contributed by atoms with Crippen molar-refractivity contribution in [3.63, 3.8) is 0 Å². The smallest absolute Gasteiger partial charge is 0.243 e. The van der Waals surface area contributed by atoms with Gasteiger partial charge in [0.2, 0.25) is 11.8 Å². The lowest BCUT2D eigenvalue weighted by Crippen LogP contribution is -2.52. The lowest BCUT2D eigenvalue weighted by molar-refractivity contribution is -0.137. The zero-order valence-electron chi connectivity index (χ0n) is 33.2. The molecule has 1 atom stereocenters. The third-order valence-electron chi connectivity index (χ3n) is 12.2. The van der Waals surface area contributed by atoms with E-state index < -0.39 is 0 Å². The van der Waals surface area contributed by atoms with E-state index in [9.17, 15) is 14.7 Å². The minimum atomic E-state index is -0.235. The van der Waals surface area contributed by atoms with Crippen LogP contribution in [-0.2, 0) is 22.7 Å². The third kappa shape index (κ3) is 9.42. The molecule has 0 saturated carbocycles. The van der Waals surface area contributed by atoms with Crippen LogP contribution in [0.5, 0.6) is 11.5 Å². The molecular formula is C47H56N6O4. The highest BCUT2D eigenvalue weighted by Gasteiger charge is 2.36. The first kappa shape index (κ1) is 38.9. The molecule has 2 amide bonds. The molecule has 1 unspecified atom stereocenters. The molecule has 298 valence electrons. The first-order chi connectivity index (χ1) is 27.9. The number of rotatable bonds is 13.